The quantitative estimate of drug-likeness (QED) is 0.193. The van der Waals surface area contributed by atoms with E-state index in [-0.39, 0.29) is 22.4 Å². The van der Waals surface area contributed by atoms with Gasteiger partial charge in [0.1, 0.15) is 11.5 Å². The summed E-state index contributed by atoms with van der Waals surface area (Å²) in [5.41, 5.74) is 0. The van der Waals surface area contributed by atoms with Gasteiger partial charge >= 0.3 is 30.0 Å². The second-order valence-electron chi connectivity index (χ2n) is 5.38. The van der Waals surface area contributed by atoms with E-state index in [1.165, 1.54) is 5.75 Å². The fourth-order valence-corrected chi connectivity index (χ4v) is 5.41. The van der Waals surface area contributed by atoms with Crippen molar-refractivity contribution in [2.45, 2.75) is 4.90 Å². The van der Waals surface area contributed by atoms with Crippen molar-refractivity contribution < 1.29 is 31.4 Å². The monoisotopic (exact) mass is 611 g/mol. The fraction of sp³-hybridized carbons (Fsp3) is 0.0952. The second kappa shape index (κ2) is 14.1. The van der Waals surface area contributed by atoms with E-state index in [9.17, 15) is 0 Å². The Morgan fingerprint density at radius 1 is 0.786 bits per heavy atom. The molecule has 1 aliphatic rings. The first-order valence-electron chi connectivity index (χ1n) is 8.56. The average molecular weight is 611 g/mol. The van der Waals surface area contributed by atoms with Crippen LogP contribution in [-0.4, -0.2) is 12.3 Å². The largest absolute Gasteiger partial charge is 1.00 e. The van der Waals surface area contributed by atoms with Crippen molar-refractivity contribution in [2.75, 3.05) is 12.3 Å². The van der Waals surface area contributed by atoms with Crippen molar-refractivity contribution in [2.24, 2.45) is 0 Å². The molecule has 0 aliphatic carbocycles. The van der Waals surface area contributed by atoms with Gasteiger partial charge in [-0.3, -0.25) is 0 Å². The summed E-state index contributed by atoms with van der Waals surface area (Å²) in [5.74, 6) is 4.90. The zero-order chi connectivity index (χ0) is 18.6. The summed E-state index contributed by atoms with van der Waals surface area (Å²) in [6.45, 7) is 1.16. The molecular formula is C21H21AuNO2PS2. The summed E-state index contributed by atoms with van der Waals surface area (Å²) in [7, 11) is -1.17. The molecule has 0 atom stereocenters. The van der Waals surface area contributed by atoms with Crippen LogP contribution in [-0.2, 0) is 22.4 Å². The Balaban J connectivity index is 0.000000408. The molecule has 1 N–H and O–H groups in total. The van der Waals surface area contributed by atoms with E-state index in [1.807, 2.05) is 96.5 Å². The maximum Gasteiger partial charge on any atom is 1.00 e. The molecule has 3 nitrogen and oxygen atoms in total. The van der Waals surface area contributed by atoms with E-state index in [0.717, 1.165) is 22.9 Å². The maximum absolute atomic E-state index is 6.03. The molecule has 7 heteroatoms. The standard InChI is InChI=1S/C18H15O2PS.C3H6NS.Au/c1-4-10-16(11-5-1)19-21(20-17-12-6-2-7-13-17)22-18-14-8-3-9-15-18;1-2-5-3-4-1;/h1-15H;3-4H,1-2H2;/q;-1;+1. The summed E-state index contributed by atoms with van der Waals surface area (Å²) in [6, 6.07) is 29.7. The number of hydrogen-bond acceptors (Lipinski definition) is 5. The molecular weight excluding hydrogens is 590 g/mol. The number of thioether (sulfide) groups is 1. The van der Waals surface area contributed by atoms with Crippen molar-refractivity contribution in [3.8, 4) is 11.5 Å². The molecule has 0 saturated carbocycles. The molecule has 1 saturated heterocycles. The van der Waals surface area contributed by atoms with Crippen LogP contribution in [0.3, 0.4) is 0 Å². The molecule has 0 unspecified atom stereocenters. The summed E-state index contributed by atoms with van der Waals surface area (Å²) >= 11 is 3.44. The van der Waals surface area contributed by atoms with Crippen LogP contribution >= 0.6 is 30.7 Å². The summed E-state index contributed by atoms with van der Waals surface area (Å²) < 4.78 is 12.1. The zero-order valence-corrected chi connectivity index (χ0v) is 19.7. The van der Waals surface area contributed by atoms with Crippen molar-refractivity contribution >= 4 is 30.7 Å². The minimum absolute atomic E-state index is 0. The van der Waals surface area contributed by atoms with Gasteiger partial charge in [-0.2, -0.15) is 0 Å². The van der Waals surface area contributed by atoms with E-state index in [4.69, 9.17) is 9.05 Å². The first-order valence-corrected chi connectivity index (χ1v) is 12.2. The van der Waals surface area contributed by atoms with Gasteiger partial charge < -0.3 is 26.1 Å². The Hall–Kier alpha value is -0.910. The zero-order valence-electron chi connectivity index (χ0n) is 15.0. The number of benzene rings is 3. The first kappa shape index (κ1) is 23.4. The molecule has 4 rings (SSSR count). The Labute approximate surface area is 192 Å². The molecule has 3 aromatic carbocycles. The van der Waals surface area contributed by atoms with Gasteiger partial charge in [-0.05, 0) is 60.1 Å². The number of rotatable bonds is 6. The Kier molecular flexibility index (Phi) is 11.8. The van der Waals surface area contributed by atoms with Gasteiger partial charge in [0.2, 0.25) is 0 Å². The van der Waals surface area contributed by atoms with Crippen LogP contribution in [0.15, 0.2) is 95.9 Å². The van der Waals surface area contributed by atoms with Crippen molar-refractivity contribution in [3.63, 3.8) is 0 Å². The van der Waals surface area contributed by atoms with Gasteiger partial charge in [0.25, 0.3) is 0 Å². The predicted molar refractivity (Wildman–Crippen MR) is 118 cm³/mol. The summed E-state index contributed by atoms with van der Waals surface area (Å²) in [4.78, 5) is 1.13. The smallest absolute Gasteiger partial charge is 0.460 e. The number of hydrogen-bond donors (Lipinski definition) is 1. The van der Waals surface area contributed by atoms with Gasteiger partial charge in [-0.25, -0.2) is 5.88 Å². The molecule has 150 valence electrons. The van der Waals surface area contributed by atoms with Crippen molar-refractivity contribution in [3.05, 3.63) is 96.9 Å². The molecule has 0 aromatic heterocycles. The number of para-hydroxylation sites is 2. The van der Waals surface area contributed by atoms with Crippen LogP contribution in [0, 0.1) is 5.88 Å². The van der Waals surface area contributed by atoms with Gasteiger partial charge in [-0.15, -0.1) is 0 Å². The van der Waals surface area contributed by atoms with Crippen LogP contribution in [0.4, 0.5) is 0 Å². The summed E-state index contributed by atoms with van der Waals surface area (Å²) in [6.07, 6.45) is 0. The van der Waals surface area contributed by atoms with Crippen LogP contribution < -0.4 is 14.4 Å². The Bertz CT molecular complexity index is 659. The molecule has 0 amide bonds. The van der Waals surface area contributed by atoms with E-state index < -0.39 is 7.58 Å². The minimum Gasteiger partial charge on any atom is -0.460 e. The first-order chi connectivity index (χ1) is 13.4. The fourth-order valence-electron chi connectivity index (χ4n) is 2.05. The number of nitrogens with one attached hydrogen (secondary N) is 1. The van der Waals surface area contributed by atoms with Crippen LogP contribution in [0.1, 0.15) is 0 Å². The van der Waals surface area contributed by atoms with E-state index in [1.54, 1.807) is 11.4 Å². The normalized spacial score (nSPS) is 12.5. The Morgan fingerprint density at radius 3 is 1.68 bits per heavy atom. The van der Waals surface area contributed by atoms with Gasteiger partial charge in [-0.1, -0.05) is 54.6 Å². The molecule has 28 heavy (non-hydrogen) atoms. The molecule has 0 spiro atoms. The maximum atomic E-state index is 6.03. The van der Waals surface area contributed by atoms with E-state index in [2.05, 4.69) is 17.4 Å². The topological polar surface area (TPSA) is 30.5 Å². The molecule has 1 heterocycles. The van der Waals surface area contributed by atoms with Crippen LogP contribution in [0.5, 0.6) is 11.5 Å². The van der Waals surface area contributed by atoms with E-state index >= 15 is 0 Å². The van der Waals surface area contributed by atoms with Crippen molar-refractivity contribution in [1.29, 1.82) is 0 Å². The Morgan fingerprint density at radius 2 is 1.29 bits per heavy atom. The van der Waals surface area contributed by atoms with Crippen LogP contribution in [0.25, 0.3) is 0 Å². The molecule has 1 fully saturated rings. The third kappa shape index (κ3) is 9.06. The molecule has 0 radical (unpaired) electrons. The van der Waals surface area contributed by atoms with Gasteiger partial charge in [0.05, 0.1) is 0 Å². The van der Waals surface area contributed by atoms with Crippen molar-refractivity contribution in [1.82, 2.24) is 5.32 Å². The third-order valence-electron chi connectivity index (χ3n) is 3.30. The SMILES string of the molecule is [Au+].[CH-]1NCCS1.c1ccc(OP(Oc2ccccc2)Sc2ccccc2)cc1. The van der Waals surface area contributed by atoms with E-state index in [0.29, 0.717) is 0 Å². The predicted octanol–water partition coefficient (Wildman–Crippen LogP) is 6.60. The molecule has 3 aromatic rings. The molecule has 0 bridgehead atoms. The minimum atomic E-state index is -1.17. The third-order valence-corrected chi connectivity index (χ3v) is 6.95. The summed E-state index contributed by atoms with van der Waals surface area (Å²) in [5, 5.41) is 3.06. The van der Waals surface area contributed by atoms with Crippen LogP contribution in [0.2, 0.25) is 0 Å². The second-order valence-corrected chi connectivity index (χ2v) is 9.27. The average Bonchev–Trinajstić information content (AvgIpc) is 3.30. The van der Waals surface area contributed by atoms with Gasteiger partial charge in [0.15, 0.2) is 0 Å². The van der Waals surface area contributed by atoms with Gasteiger partial charge in [0, 0.05) is 4.90 Å². The molecule has 1 aliphatic heterocycles.